The first-order valence-corrected chi connectivity index (χ1v) is 7.27. The van der Waals surface area contributed by atoms with Crippen molar-refractivity contribution in [1.82, 2.24) is 30.3 Å². The predicted molar refractivity (Wildman–Crippen MR) is 74.1 cm³/mol. The first kappa shape index (κ1) is 13.6. The summed E-state index contributed by atoms with van der Waals surface area (Å²) in [5.41, 5.74) is 0.764. The van der Waals surface area contributed by atoms with Crippen LogP contribution in [0.25, 0.3) is 5.69 Å². The van der Waals surface area contributed by atoms with Gasteiger partial charge in [-0.1, -0.05) is 23.8 Å². The van der Waals surface area contributed by atoms with E-state index in [1.807, 2.05) is 6.92 Å². The van der Waals surface area contributed by atoms with Gasteiger partial charge < -0.3 is 9.63 Å². The van der Waals surface area contributed by atoms with Crippen LogP contribution < -0.4 is 0 Å². The molecule has 8 nitrogen and oxygen atoms in total. The van der Waals surface area contributed by atoms with Gasteiger partial charge in [0.15, 0.2) is 5.82 Å². The van der Waals surface area contributed by atoms with Gasteiger partial charge in [-0.05, 0) is 34.7 Å². The minimum Gasteiger partial charge on any atom is -0.508 e. The molecule has 0 saturated carbocycles. The Labute approximate surface area is 124 Å². The molecule has 0 radical (unpaired) electrons. The standard InChI is InChI=1S/C12H12N6O2S/c1-2-10-13-11(20-15-10)7-21-12-14-16-17-18(12)8-3-5-9(19)6-4-8/h3-6,19H,2,7H2,1H3. The molecule has 0 fully saturated rings. The number of aromatic nitrogens is 6. The fourth-order valence-corrected chi connectivity index (χ4v) is 2.37. The summed E-state index contributed by atoms with van der Waals surface area (Å²) in [4.78, 5) is 4.23. The summed E-state index contributed by atoms with van der Waals surface area (Å²) in [6.45, 7) is 1.97. The minimum atomic E-state index is 0.194. The minimum absolute atomic E-state index is 0.194. The Morgan fingerprint density at radius 3 is 2.81 bits per heavy atom. The van der Waals surface area contributed by atoms with Gasteiger partial charge in [-0.25, -0.2) is 0 Å². The molecule has 0 spiro atoms. The largest absolute Gasteiger partial charge is 0.508 e. The molecular formula is C12H12N6O2S. The van der Waals surface area contributed by atoms with E-state index in [0.29, 0.717) is 22.6 Å². The highest BCUT2D eigenvalue weighted by Gasteiger charge is 2.12. The number of phenolic OH excluding ortho intramolecular Hbond substituents is 1. The average molecular weight is 304 g/mol. The second-order valence-electron chi connectivity index (χ2n) is 4.14. The molecule has 9 heteroatoms. The van der Waals surface area contributed by atoms with Crippen LogP contribution >= 0.6 is 11.8 Å². The van der Waals surface area contributed by atoms with Crippen molar-refractivity contribution in [2.75, 3.05) is 0 Å². The smallest absolute Gasteiger partial charge is 0.237 e. The average Bonchev–Trinajstić information content (AvgIpc) is 3.15. The van der Waals surface area contributed by atoms with Gasteiger partial charge in [-0.3, -0.25) is 0 Å². The number of rotatable bonds is 5. The van der Waals surface area contributed by atoms with E-state index < -0.39 is 0 Å². The Bertz CT molecular complexity index is 723. The molecule has 0 aliphatic carbocycles. The van der Waals surface area contributed by atoms with E-state index in [9.17, 15) is 5.11 Å². The molecule has 0 atom stereocenters. The zero-order valence-electron chi connectivity index (χ0n) is 11.2. The fraction of sp³-hybridized carbons (Fsp3) is 0.250. The number of aryl methyl sites for hydroxylation is 1. The lowest BCUT2D eigenvalue weighted by Gasteiger charge is -2.02. The molecule has 0 saturated heterocycles. The Kier molecular flexibility index (Phi) is 3.82. The number of phenols is 1. The quantitative estimate of drug-likeness (QED) is 0.709. The highest BCUT2D eigenvalue weighted by atomic mass is 32.2. The van der Waals surface area contributed by atoms with E-state index >= 15 is 0 Å². The summed E-state index contributed by atoms with van der Waals surface area (Å²) < 4.78 is 6.71. The van der Waals surface area contributed by atoms with Gasteiger partial charge in [-0.15, -0.1) is 5.10 Å². The maximum atomic E-state index is 9.31. The van der Waals surface area contributed by atoms with Gasteiger partial charge in [-0.2, -0.15) is 9.67 Å². The lowest BCUT2D eigenvalue weighted by atomic mass is 10.3. The van der Waals surface area contributed by atoms with Gasteiger partial charge in [0.05, 0.1) is 11.4 Å². The van der Waals surface area contributed by atoms with Gasteiger partial charge in [0.2, 0.25) is 11.0 Å². The van der Waals surface area contributed by atoms with Crippen molar-refractivity contribution in [2.45, 2.75) is 24.3 Å². The highest BCUT2D eigenvalue weighted by molar-refractivity contribution is 7.98. The molecule has 0 aliphatic rings. The third-order valence-corrected chi connectivity index (χ3v) is 3.59. The van der Waals surface area contributed by atoms with E-state index in [4.69, 9.17) is 4.52 Å². The van der Waals surface area contributed by atoms with Crippen molar-refractivity contribution in [3.05, 3.63) is 36.0 Å². The third kappa shape index (κ3) is 3.02. The van der Waals surface area contributed by atoms with Crippen LogP contribution in [0.1, 0.15) is 18.6 Å². The zero-order valence-corrected chi connectivity index (χ0v) is 12.0. The van der Waals surface area contributed by atoms with Crippen LogP contribution in [0.2, 0.25) is 0 Å². The molecule has 1 aromatic carbocycles. The van der Waals surface area contributed by atoms with Crippen LogP contribution in [0.3, 0.4) is 0 Å². The fourth-order valence-electron chi connectivity index (χ4n) is 1.64. The normalized spacial score (nSPS) is 10.9. The van der Waals surface area contributed by atoms with Crippen molar-refractivity contribution < 1.29 is 9.63 Å². The first-order valence-electron chi connectivity index (χ1n) is 6.28. The maximum absolute atomic E-state index is 9.31. The molecule has 1 N–H and O–H groups in total. The SMILES string of the molecule is CCc1noc(CSc2nnnn2-c2ccc(O)cc2)n1. The predicted octanol–water partition coefficient (Wildman–Crippen LogP) is 1.61. The molecule has 21 heavy (non-hydrogen) atoms. The lowest BCUT2D eigenvalue weighted by Crippen LogP contribution is -1.98. The Morgan fingerprint density at radius 1 is 1.29 bits per heavy atom. The molecule has 0 aliphatic heterocycles. The second-order valence-corrected chi connectivity index (χ2v) is 5.08. The van der Waals surface area contributed by atoms with Gasteiger partial charge in [0, 0.05) is 6.42 Å². The number of benzene rings is 1. The van der Waals surface area contributed by atoms with Gasteiger partial charge in [0.25, 0.3) is 0 Å². The van der Waals surface area contributed by atoms with Crippen molar-refractivity contribution in [3.63, 3.8) is 0 Å². The molecule has 3 rings (SSSR count). The van der Waals surface area contributed by atoms with Crippen LogP contribution in [0.15, 0.2) is 33.9 Å². The number of hydrogen-bond donors (Lipinski definition) is 1. The van der Waals surface area contributed by atoms with Crippen LogP contribution in [-0.4, -0.2) is 35.5 Å². The van der Waals surface area contributed by atoms with Crippen molar-refractivity contribution >= 4 is 11.8 Å². The van der Waals surface area contributed by atoms with Crippen molar-refractivity contribution in [3.8, 4) is 11.4 Å². The number of thioether (sulfide) groups is 1. The molecule has 0 bridgehead atoms. The molecule has 0 unspecified atom stereocenters. The Morgan fingerprint density at radius 2 is 2.10 bits per heavy atom. The van der Waals surface area contributed by atoms with E-state index in [2.05, 4.69) is 25.7 Å². The number of tetrazole rings is 1. The van der Waals surface area contributed by atoms with Crippen molar-refractivity contribution in [1.29, 1.82) is 0 Å². The Hall–Kier alpha value is -2.42. The summed E-state index contributed by atoms with van der Waals surface area (Å²) in [7, 11) is 0. The molecule has 3 aromatic rings. The Balaban J connectivity index is 1.74. The van der Waals surface area contributed by atoms with Crippen LogP contribution in [0.4, 0.5) is 0 Å². The molecule has 108 valence electrons. The summed E-state index contributed by atoms with van der Waals surface area (Å²) in [6.07, 6.45) is 0.736. The third-order valence-electron chi connectivity index (χ3n) is 2.69. The van der Waals surface area contributed by atoms with E-state index in [-0.39, 0.29) is 5.75 Å². The van der Waals surface area contributed by atoms with Crippen LogP contribution in [-0.2, 0) is 12.2 Å². The number of hydrogen-bond acceptors (Lipinski definition) is 8. The van der Waals surface area contributed by atoms with Crippen LogP contribution in [0, 0.1) is 0 Å². The van der Waals surface area contributed by atoms with E-state index in [0.717, 1.165) is 12.1 Å². The zero-order chi connectivity index (χ0) is 14.7. The number of nitrogens with zero attached hydrogens (tertiary/aromatic N) is 6. The van der Waals surface area contributed by atoms with E-state index in [1.54, 1.807) is 28.9 Å². The molecule has 2 aromatic heterocycles. The van der Waals surface area contributed by atoms with E-state index in [1.165, 1.54) is 11.8 Å². The highest BCUT2D eigenvalue weighted by Crippen LogP contribution is 2.22. The molecule has 0 amide bonds. The van der Waals surface area contributed by atoms with Gasteiger partial charge >= 0.3 is 0 Å². The number of aromatic hydroxyl groups is 1. The lowest BCUT2D eigenvalue weighted by molar-refractivity contribution is 0.385. The first-order chi connectivity index (χ1) is 10.3. The van der Waals surface area contributed by atoms with Crippen molar-refractivity contribution in [2.24, 2.45) is 0 Å². The molecular weight excluding hydrogens is 292 g/mol. The van der Waals surface area contributed by atoms with Gasteiger partial charge in [0.1, 0.15) is 5.75 Å². The summed E-state index contributed by atoms with van der Waals surface area (Å²) in [6, 6.07) is 6.63. The summed E-state index contributed by atoms with van der Waals surface area (Å²) >= 11 is 1.40. The summed E-state index contributed by atoms with van der Waals surface area (Å²) in [5.74, 6) is 1.91. The maximum Gasteiger partial charge on any atom is 0.237 e. The topological polar surface area (TPSA) is 103 Å². The monoisotopic (exact) mass is 304 g/mol. The second kappa shape index (κ2) is 5.92. The molecule has 2 heterocycles. The van der Waals surface area contributed by atoms with Crippen LogP contribution in [0.5, 0.6) is 5.75 Å². The summed E-state index contributed by atoms with van der Waals surface area (Å²) in [5, 5.41) is 25.3.